The van der Waals surface area contributed by atoms with Gasteiger partial charge in [-0.25, -0.2) is 8.42 Å². The molecular formula is C25H18BrN5O3S. The highest BCUT2D eigenvalue weighted by atomic mass is 79.9. The second kappa shape index (κ2) is 9.05. The lowest BCUT2D eigenvalue weighted by Crippen LogP contribution is -2.18. The molecule has 0 aliphatic heterocycles. The number of carbonyl (C=O) groups is 1. The molecule has 0 radical (unpaired) electrons. The van der Waals surface area contributed by atoms with Crippen LogP contribution in [0.4, 0.5) is 5.69 Å². The topological polar surface area (TPSA) is 107 Å². The van der Waals surface area contributed by atoms with E-state index >= 15 is 0 Å². The zero-order chi connectivity index (χ0) is 24.6. The normalized spacial score (nSPS) is 11.5. The molecule has 0 bridgehead atoms. The number of carbonyl (C=O) groups excluding carboxylic acids is 1. The fourth-order valence-electron chi connectivity index (χ4n) is 3.79. The zero-order valence-corrected chi connectivity index (χ0v) is 20.8. The summed E-state index contributed by atoms with van der Waals surface area (Å²) in [5, 5.41) is 16.4. The van der Waals surface area contributed by atoms with Gasteiger partial charge in [-0.2, -0.15) is 4.68 Å². The summed E-state index contributed by atoms with van der Waals surface area (Å²) in [6, 6.07) is 25.3. The Labute approximate surface area is 209 Å². The van der Waals surface area contributed by atoms with Crippen molar-refractivity contribution in [1.29, 1.82) is 0 Å². The molecule has 174 valence electrons. The SMILES string of the molecule is CS(=O)(=O)c1ccccc1-c1ccc(NC(=O)c2nnnn2-c2ccc3cc(Br)ccc3c2)cc1. The average Bonchev–Trinajstić information content (AvgIpc) is 3.34. The van der Waals surface area contributed by atoms with Crippen LogP contribution in [0.15, 0.2) is 94.3 Å². The molecule has 0 atom stereocenters. The monoisotopic (exact) mass is 547 g/mol. The third-order valence-corrected chi connectivity index (χ3v) is 7.09. The van der Waals surface area contributed by atoms with Crippen LogP contribution in [-0.2, 0) is 9.84 Å². The first-order chi connectivity index (χ1) is 16.8. The molecule has 4 aromatic carbocycles. The number of hydrogen-bond donors (Lipinski definition) is 1. The number of anilines is 1. The smallest absolute Gasteiger partial charge is 0.295 e. The number of fused-ring (bicyclic) bond motifs is 1. The molecule has 0 fully saturated rings. The van der Waals surface area contributed by atoms with Crippen molar-refractivity contribution in [1.82, 2.24) is 20.2 Å². The molecule has 1 amide bonds. The van der Waals surface area contributed by atoms with Gasteiger partial charge in [0.2, 0.25) is 5.82 Å². The van der Waals surface area contributed by atoms with Gasteiger partial charge in [0, 0.05) is 22.0 Å². The molecule has 5 rings (SSSR count). The second-order valence-corrected chi connectivity index (χ2v) is 10.8. The lowest BCUT2D eigenvalue weighted by Gasteiger charge is -2.10. The maximum Gasteiger partial charge on any atom is 0.295 e. The minimum Gasteiger partial charge on any atom is -0.319 e. The van der Waals surface area contributed by atoms with Crippen LogP contribution in [0.5, 0.6) is 0 Å². The van der Waals surface area contributed by atoms with E-state index in [0.717, 1.165) is 20.8 Å². The summed E-state index contributed by atoms with van der Waals surface area (Å²) in [4.78, 5) is 13.2. The predicted molar refractivity (Wildman–Crippen MR) is 137 cm³/mol. The van der Waals surface area contributed by atoms with Gasteiger partial charge in [-0.1, -0.05) is 58.4 Å². The van der Waals surface area contributed by atoms with Crippen LogP contribution in [0.2, 0.25) is 0 Å². The molecule has 35 heavy (non-hydrogen) atoms. The molecule has 1 heterocycles. The Balaban J connectivity index is 1.40. The third kappa shape index (κ3) is 4.71. The predicted octanol–water partition coefficient (Wildman–Crippen LogP) is 4.90. The van der Waals surface area contributed by atoms with Crippen LogP contribution < -0.4 is 5.32 Å². The standard InChI is InChI=1S/C25H18BrN5O3S/c1-35(33,34)23-5-3-2-4-22(23)16-7-11-20(12-8-16)27-25(32)24-28-29-30-31(24)21-13-9-17-14-19(26)10-6-18(17)15-21/h2-15H,1H3,(H,27,32). The number of halogens is 1. The van der Waals surface area contributed by atoms with E-state index in [2.05, 4.69) is 36.8 Å². The number of aromatic nitrogens is 4. The highest BCUT2D eigenvalue weighted by Crippen LogP contribution is 2.28. The molecule has 0 saturated heterocycles. The average molecular weight is 548 g/mol. The van der Waals surface area contributed by atoms with Crippen molar-refractivity contribution < 1.29 is 13.2 Å². The van der Waals surface area contributed by atoms with E-state index < -0.39 is 15.7 Å². The fraction of sp³-hybridized carbons (Fsp3) is 0.0400. The second-order valence-electron chi connectivity index (χ2n) is 7.89. The molecule has 1 aromatic heterocycles. The summed E-state index contributed by atoms with van der Waals surface area (Å²) in [7, 11) is -3.38. The lowest BCUT2D eigenvalue weighted by molar-refractivity contribution is 0.101. The van der Waals surface area contributed by atoms with E-state index in [1.807, 2.05) is 36.4 Å². The Bertz CT molecular complexity index is 1680. The van der Waals surface area contributed by atoms with Crippen LogP contribution >= 0.6 is 15.9 Å². The largest absolute Gasteiger partial charge is 0.319 e. The number of rotatable bonds is 5. The summed E-state index contributed by atoms with van der Waals surface area (Å²) in [6.45, 7) is 0. The Morgan fingerprint density at radius 3 is 2.40 bits per heavy atom. The number of amides is 1. The van der Waals surface area contributed by atoms with Crippen molar-refractivity contribution in [2.75, 3.05) is 11.6 Å². The molecular weight excluding hydrogens is 530 g/mol. The van der Waals surface area contributed by atoms with Crippen molar-refractivity contribution in [2.45, 2.75) is 4.90 Å². The van der Waals surface area contributed by atoms with E-state index in [4.69, 9.17) is 0 Å². The highest BCUT2D eigenvalue weighted by Gasteiger charge is 2.18. The Morgan fingerprint density at radius 2 is 1.63 bits per heavy atom. The first-order valence-corrected chi connectivity index (χ1v) is 13.2. The number of benzene rings is 4. The van der Waals surface area contributed by atoms with Crippen molar-refractivity contribution in [3.05, 3.63) is 95.2 Å². The summed E-state index contributed by atoms with van der Waals surface area (Å²) >= 11 is 3.46. The number of nitrogens with zero attached hydrogens (tertiary/aromatic N) is 4. The van der Waals surface area contributed by atoms with E-state index in [0.29, 0.717) is 16.9 Å². The first kappa shape index (κ1) is 22.9. The van der Waals surface area contributed by atoms with E-state index in [1.54, 1.807) is 48.5 Å². The van der Waals surface area contributed by atoms with Gasteiger partial charge < -0.3 is 5.32 Å². The van der Waals surface area contributed by atoms with Crippen molar-refractivity contribution in [3.8, 4) is 16.8 Å². The minimum absolute atomic E-state index is 0.0351. The van der Waals surface area contributed by atoms with Crippen molar-refractivity contribution in [2.24, 2.45) is 0 Å². The maximum atomic E-state index is 13.0. The minimum atomic E-state index is -3.38. The van der Waals surface area contributed by atoms with E-state index in [1.165, 1.54) is 10.9 Å². The first-order valence-electron chi connectivity index (χ1n) is 10.5. The van der Waals surface area contributed by atoms with Crippen LogP contribution in [0, 0.1) is 0 Å². The molecule has 0 aliphatic rings. The van der Waals surface area contributed by atoms with Gasteiger partial charge >= 0.3 is 0 Å². The summed E-state index contributed by atoms with van der Waals surface area (Å²) < 4.78 is 26.6. The highest BCUT2D eigenvalue weighted by molar-refractivity contribution is 9.10. The van der Waals surface area contributed by atoms with Crippen LogP contribution in [-0.4, -0.2) is 40.8 Å². The fourth-order valence-corrected chi connectivity index (χ4v) is 5.08. The van der Waals surface area contributed by atoms with Crippen LogP contribution in [0.25, 0.3) is 27.6 Å². The third-order valence-electron chi connectivity index (χ3n) is 5.44. The Morgan fingerprint density at radius 1 is 0.914 bits per heavy atom. The Kier molecular flexibility index (Phi) is 5.91. The molecule has 0 unspecified atom stereocenters. The number of tetrazole rings is 1. The van der Waals surface area contributed by atoms with Crippen LogP contribution in [0.3, 0.4) is 0 Å². The molecule has 8 nitrogen and oxygen atoms in total. The number of sulfone groups is 1. The molecule has 10 heteroatoms. The lowest BCUT2D eigenvalue weighted by atomic mass is 10.1. The van der Waals surface area contributed by atoms with Gasteiger partial charge in [0.05, 0.1) is 10.6 Å². The van der Waals surface area contributed by atoms with Crippen molar-refractivity contribution in [3.63, 3.8) is 0 Å². The van der Waals surface area contributed by atoms with Gasteiger partial charge in [-0.3, -0.25) is 4.79 Å². The molecule has 0 aliphatic carbocycles. The molecule has 1 N–H and O–H groups in total. The van der Waals surface area contributed by atoms with Gasteiger partial charge in [-0.15, -0.1) is 5.10 Å². The van der Waals surface area contributed by atoms with Crippen LogP contribution in [0.1, 0.15) is 10.6 Å². The zero-order valence-electron chi connectivity index (χ0n) is 18.4. The summed E-state index contributed by atoms with van der Waals surface area (Å²) in [5.41, 5.74) is 2.49. The quantitative estimate of drug-likeness (QED) is 0.335. The number of hydrogen-bond acceptors (Lipinski definition) is 6. The summed E-state index contributed by atoms with van der Waals surface area (Å²) in [6.07, 6.45) is 1.18. The van der Waals surface area contributed by atoms with Gasteiger partial charge in [-0.05, 0) is 69.2 Å². The summed E-state index contributed by atoms with van der Waals surface area (Å²) in [5.74, 6) is -0.442. The van der Waals surface area contributed by atoms with Gasteiger partial charge in [0.1, 0.15) is 0 Å². The van der Waals surface area contributed by atoms with E-state index in [-0.39, 0.29) is 10.7 Å². The van der Waals surface area contributed by atoms with Gasteiger partial charge in [0.15, 0.2) is 9.84 Å². The molecule has 0 saturated carbocycles. The maximum absolute atomic E-state index is 13.0. The Hall–Kier alpha value is -3.89. The number of nitrogens with one attached hydrogen (secondary N) is 1. The molecule has 5 aromatic rings. The van der Waals surface area contributed by atoms with E-state index in [9.17, 15) is 13.2 Å². The molecule has 0 spiro atoms. The van der Waals surface area contributed by atoms with Crippen molar-refractivity contribution >= 4 is 48.1 Å². The van der Waals surface area contributed by atoms with Gasteiger partial charge in [0.25, 0.3) is 5.91 Å².